The van der Waals surface area contributed by atoms with Gasteiger partial charge in [0.05, 0.1) is 13.1 Å². The van der Waals surface area contributed by atoms with Crippen LogP contribution in [0.1, 0.15) is 0 Å². The molecule has 0 unspecified atom stereocenters. The summed E-state index contributed by atoms with van der Waals surface area (Å²) in [5.74, 6) is -0.690. The van der Waals surface area contributed by atoms with Crippen LogP contribution in [0.25, 0.3) is 0 Å². The molecule has 1 aromatic carbocycles. The van der Waals surface area contributed by atoms with E-state index in [0.29, 0.717) is 0 Å². The zero-order valence-corrected chi connectivity index (χ0v) is 8.19. The highest BCUT2D eigenvalue weighted by atomic mass is 16.2. The van der Waals surface area contributed by atoms with Crippen molar-refractivity contribution in [1.29, 1.82) is 0 Å². The van der Waals surface area contributed by atoms with Gasteiger partial charge in [0, 0.05) is 5.69 Å². The van der Waals surface area contributed by atoms with Crippen molar-refractivity contribution >= 4 is 17.5 Å². The lowest BCUT2D eigenvalue weighted by molar-refractivity contribution is -0.117. The Balaban J connectivity index is 2.28. The Morgan fingerprint density at radius 1 is 1.13 bits per heavy atom. The molecule has 2 amide bonds. The first kappa shape index (κ1) is 11.2. The predicted octanol–water partition coefficient (Wildman–Crippen LogP) is -0.300. The lowest BCUT2D eigenvalue weighted by atomic mass is 10.3. The molecule has 0 spiro atoms. The van der Waals surface area contributed by atoms with E-state index in [1.807, 2.05) is 18.2 Å². The molecule has 15 heavy (non-hydrogen) atoms. The van der Waals surface area contributed by atoms with Crippen molar-refractivity contribution in [3.8, 4) is 0 Å². The standard InChI is InChI=1S/C10H13N3O2/c11-9(14)6-12-7-10(15)13-8-4-2-1-3-5-8/h1-5,12H,6-7H2,(H2,11,14)(H,13,15). The van der Waals surface area contributed by atoms with Gasteiger partial charge in [0.1, 0.15) is 0 Å². The van der Waals surface area contributed by atoms with Crippen LogP contribution in [0.4, 0.5) is 5.69 Å². The van der Waals surface area contributed by atoms with Gasteiger partial charge in [0.2, 0.25) is 11.8 Å². The summed E-state index contributed by atoms with van der Waals surface area (Å²) < 4.78 is 0. The van der Waals surface area contributed by atoms with Gasteiger partial charge in [0.25, 0.3) is 0 Å². The molecule has 0 saturated carbocycles. The Kier molecular flexibility index (Phi) is 4.30. The monoisotopic (exact) mass is 207 g/mol. The third-order valence-corrected chi connectivity index (χ3v) is 1.64. The number of rotatable bonds is 5. The van der Waals surface area contributed by atoms with E-state index in [0.717, 1.165) is 5.69 Å². The molecule has 0 aliphatic carbocycles. The maximum absolute atomic E-state index is 11.3. The number of hydrogen-bond acceptors (Lipinski definition) is 3. The summed E-state index contributed by atoms with van der Waals surface area (Å²) in [6, 6.07) is 9.08. The van der Waals surface area contributed by atoms with E-state index in [1.54, 1.807) is 12.1 Å². The van der Waals surface area contributed by atoms with Crippen molar-refractivity contribution in [2.75, 3.05) is 18.4 Å². The molecule has 5 nitrogen and oxygen atoms in total. The number of nitrogens with two attached hydrogens (primary N) is 1. The van der Waals surface area contributed by atoms with Crippen LogP contribution in [-0.4, -0.2) is 24.9 Å². The van der Waals surface area contributed by atoms with E-state index < -0.39 is 5.91 Å². The second-order valence-corrected chi connectivity index (χ2v) is 2.98. The molecule has 0 radical (unpaired) electrons. The Hall–Kier alpha value is -1.88. The zero-order chi connectivity index (χ0) is 11.1. The van der Waals surface area contributed by atoms with Crippen LogP contribution in [0, 0.1) is 0 Å². The number of nitrogens with one attached hydrogen (secondary N) is 2. The summed E-state index contributed by atoms with van der Waals surface area (Å²) in [6.07, 6.45) is 0. The van der Waals surface area contributed by atoms with Gasteiger partial charge in [-0.25, -0.2) is 0 Å². The fraction of sp³-hybridized carbons (Fsp3) is 0.200. The summed E-state index contributed by atoms with van der Waals surface area (Å²) >= 11 is 0. The second kappa shape index (κ2) is 5.77. The van der Waals surface area contributed by atoms with Gasteiger partial charge in [-0.2, -0.15) is 0 Å². The Labute approximate surface area is 87.7 Å². The van der Waals surface area contributed by atoms with Gasteiger partial charge >= 0.3 is 0 Å². The van der Waals surface area contributed by atoms with Crippen LogP contribution < -0.4 is 16.4 Å². The largest absolute Gasteiger partial charge is 0.369 e. The fourth-order valence-corrected chi connectivity index (χ4v) is 1.03. The third kappa shape index (κ3) is 4.78. The maximum Gasteiger partial charge on any atom is 0.238 e. The van der Waals surface area contributed by atoms with E-state index in [9.17, 15) is 9.59 Å². The van der Waals surface area contributed by atoms with Crippen molar-refractivity contribution in [3.63, 3.8) is 0 Å². The molecule has 4 N–H and O–H groups in total. The quantitative estimate of drug-likeness (QED) is 0.619. The number of carbonyl (C=O) groups excluding carboxylic acids is 2. The minimum absolute atomic E-state index is 0.00219. The lowest BCUT2D eigenvalue weighted by Crippen LogP contribution is -2.34. The highest BCUT2D eigenvalue weighted by Crippen LogP contribution is 2.03. The molecule has 0 saturated heterocycles. The zero-order valence-electron chi connectivity index (χ0n) is 8.19. The normalized spacial score (nSPS) is 9.60. The molecule has 5 heteroatoms. The summed E-state index contributed by atoms with van der Waals surface area (Å²) in [6.45, 7) is 0.0695. The van der Waals surface area contributed by atoms with E-state index >= 15 is 0 Å². The molecule has 0 aliphatic rings. The SMILES string of the molecule is NC(=O)CNCC(=O)Nc1ccccc1. The number of amides is 2. The molecule has 1 rings (SSSR count). The molecular weight excluding hydrogens is 194 g/mol. The van der Waals surface area contributed by atoms with Gasteiger partial charge in [-0.3, -0.25) is 14.9 Å². The minimum atomic E-state index is -0.484. The third-order valence-electron chi connectivity index (χ3n) is 1.64. The average Bonchev–Trinajstić information content (AvgIpc) is 2.18. The van der Waals surface area contributed by atoms with Crippen molar-refractivity contribution in [2.24, 2.45) is 5.73 Å². The Bertz CT molecular complexity index is 338. The number of hydrogen-bond donors (Lipinski definition) is 3. The van der Waals surface area contributed by atoms with Crippen LogP contribution >= 0.6 is 0 Å². The van der Waals surface area contributed by atoms with Gasteiger partial charge in [-0.05, 0) is 12.1 Å². The van der Waals surface area contributed by atoms with Crippen LogP contribution in [0.2, 0.25) is 0 Å². The lowest BCUT2D eigenvalue weighted by Gasteiger charge is -2.04. The highest BCUT2D eigenvalue weighted by molar-refractivity contribution is 5.92. The van der Waals surface area contributed by atoms with Crippen molar-refractivity contribution < 1.29 is 9.59 Å². The number of anilines is 1. The fourth-order valence-electron chi connectivity index (χ4n) is 1.03. The second-order valence-electron chi connectivity index (χ2n) is 2.98. The first-order valence-corrected chi connectivity index (χ1v) is 4.52. The number of carbonyl (C=O) groups is 2. The average molecular weight is 207 g/mol. The molecule has 0 bridgehead atoms. The number of para-hydroxylation sites is 1. The molecule has 0 heterocycles. The smallest absolute Gasteiger partial charge is 0.238 e. The van der Waals surface area contributed by atoms with Gasteiger partial charge in [-0.1, -0.05) is 18.2 Å². The van der Waals surface area contributed by atoms with Gasteiger partial charge in [0.15, 0.2) is 0 Å². The topological polar surface area (TPSA) is 84.2 Å². The number of primary amides is 1. The van der Waals surface area contributed by atoms with Gasteiger partial charge in [-0.15, -0.1) is 0 Å². The highest BCUT2D eigenvalue weighted by Gasteiger charge is 2.01. The molecule has 0 fully saturated rings. The van der Waals surface area contributed by atoms with Crippen LogP contribution in [0.15, 0.2) is 30.3 Å². The Morgan fingerprint density at radius 2 is 1.80 bits per heavy atom. The first-order valence-electron chi connectivity index (χ1n) is 4.52. The van der Waals surface area contributed by atoms with Crippen molar-refractivity contribution in [3.05, 3.63) is 30.3 Å². The molecular formula is C10H13N3O2. The van der Waals surface area contributed by atoms with E-state index in [2.05, 4.69) is 10.6 Å². The van der Waals surface area contributed by atoms with Crippen molar-refractivity contribution in [1.82, 2.24) is 5.32 Å². The number of benzene rings is 1. The van der Waals surface area contributed by atoms with Crippen molar-refractivity contribution in [2.45, 2.75) is 0 Å². The molecule has 0 atom stereocenters. The molecule has 0 aliphatic heterocycles. The minimum Gasteiger partial charge on any atom is -0.369 e. The van der Waals surface area contributed by atoms with E-state index in [-0.39, 0.29) is 19.0 Å². The van der Waals surface area contributed by atoms with Crippen LogP contribution in [-0.2, 0) is 9.59 Å². The maximum atomic E-state index is 11.3. The summed E-state index contributed by atoms with van der Waals surface area (Å²) in [5.41, 5.74) is 5.62. The summed E-state index contributed by atoms with van der Waals surface area (Å²) in [5, 5.41) is 5.28. The van der Waals surface area contributed by atoms with Crippen LogP contribution in [0.5, 0.6) is 0 Å². The summed E-state index contributed by atoms with van der Waals surface area (Å²) in [7, 11) is 0. The van der Waals surface area contributed by atoms with Crippen LogP contribution in [0.3, 0.4) is 0 Å². The molecule has 1 aromatic rings. The van der Waals surface area contributed by atoms with E-state index in [1.165, 1.54) is 0 Å². The predicted molar refractivity (Wildman–Crippen MR) is 57.1 cm³/mol. The Morgan fingerprint density at radius 3 is 2.40 bits per heavy atom. The molecule has 0 aromatic heterocycles. The molecule has 80 valence electrons. The van der Waals surface area contributed by atoms with E-state index in [4.69, 9.17) is 5.73 Å². The first-order chi connectivity index (χ1) is 7.18. The summed E-state index contributed by atoms with van der Waals surface area (Å²) in [4.78, 5) is 21.6. The van der Waals surface area contributed by atoms with Gasteiger partial charge < -0.3 is 11.1 Å².